The van der Waals surface area contributed by atoms with Crippen molar-refractivity contribution in [3.8, 4) is 5.75 Å². The van der Waals surface area contributed by atoms with Crippen LogP contribution in [0.1, 0.15) is 96.3 Å². The Balaban J connectivity index is 0.000000830. The maximum atomic E-state index is 6.63. The zero-order valence-electron chi connectivity index (χ0n) is 31.7. The average molecular weight is 704 g/mol. The van der Waals surface area contributed by atoms with Crippen molar-refractivity contribution < 1.29 is 4.74 Å². The minimum atomic E-state index is 0.275. The molecule has 0 radical (unpaired) electrons. The number of nitrogens with one attached hydrogen (secondary N) is 8. The third-order valence-corrected chi connectivity index (χ3v) is 14.9. The Hall–Kier alpha value is -1.34. The summed E-state index contributed by atoms with van der Waals surface area (Å²) in [5.74, 6) is 6.37. The van der Waals surface area contributed by atoms with Crippen molar-refractivity contribution in [2.45, 2.75) is 152 Å². The summed E-state index contributed by atoms with van der Waals surface area (Å²) in [6.07, 6.45) is 22.9. The lowest BCUT2D eigenvalue weighted by molar-refractivity contribution is 0.0780. The Morgan fingerprint density at radius 1 is 0.412 bits per heavy atom. The largest absolute Gasteiger partial charge is 0.490 e. The highest BCUT2D eigenvalue weighted by molar-refractivity contribution is 5.21. The molecular weight excluding hydrogens is 635 g/mol. The second-order valence-corrected chi connectivity index (χ2v) is 18.5. The van der Waals surface area contributed by atoms with Gasteiger partial charge in [0.05, 0.1) is 55.4 Å². The van der Waals surface area contributed by atoms with E-state index in [1.54, 1.807) is 0 Å². The average Bonchev–Trinajstić information content (AvgIpc) is 3.87. The van der Waals surface area contributed by atoms with Crippen LogP contribution >= 0.6 is 0 Å². The zero-order chi connectivity index (χ0) is 34.5. The standard InChI is InChI=1S/C38H60N8O.C3H9N/c1-2-10-21(11-3-1)47-22-18-19-29-30(20-22)38-45-36-28-17-9-8-16-27(28)34(43-36)41-32-24-13-5-4-12-23(24)31(39-32)40-33-25-14-6-7-15-26(25)35(42-33)44-37(29)46-38;1-4(2)3/h1-3,10-11,22-46H,4-9,12-20H2;1-3H3. The fraction of sp³-hybridized carbons (Fsp3) is 0.854. The van der Waals surface area contributed by atoms with Crippen LogP contribution in [0, 0.1) is 47.3 Å². The van der Waals surface area contributed by atoms with Gasteiger partial charge in [0.1, 0.15) is 5.75 Å². The van der Waals surface area contributed by atoms with E-state index in [2.05, 4.69) is 72.9 Å². The topological polar surface area (TPSA) is 109 Å². The Bertz CT molecular complexity index is 1280. The molecule has 8 N–H and O–H groups in total. The molecule has 5 heterocycles. The predicted octanol–water partition coefficient (Wildman–Crippen LogP) is 3.84. The first-order valence-electron chi connectivity index (χ1n) is 21.4. The van der Waals surface area contributed by atoms with Crippen molar-refractivity contribution in [3.63, 3.8) is 0 Å². The van der Waals surface area contributed by atoms with Gasteiger partial charge >= 0.3 is 0 Å². The number of rotatable bonds is 2. The number of para-hydroxylation sites is 1. The second kappa shape index (κ2) is 15.4. The third kappa shape index (κ3) is 7.28. The Labute approximate surface area is 307 Å². The van der Waals surface area contributed by atoms with Gasteiger partial charge in [-0.1, -0.05) is 56.7 Å². The monoisotopic (exact) mass is 704 g/mol. The molecule has 0 amide bonds. The van der Waals surface area contributed by atoms with E-state index < -0.39 is 0 Å². The van der Waals surface area contributed by atoms with Crippen molar-refractivity contribution >= 4 is 0 Å². The highest BCUT2D eigenvalue weighted by atomic mass is 16.5. The number of hydrogen-bond acceptors (Lipinski definition) is 10. The first-order chi connectivity index (χ1) is 25.0. The summed E-state index contributed by atoms with van der Waals surface area (Å²) in [5, 5.41) is 33.9. The molecule has 0 aromatic heterocycles. The van der Waals surface area contributed by atoms with Gasteiger partial charge in [0.25, 0.3) is 0 Å². The highest BCUT2D eigenvalue weighted by Crippen LogP contribution is 2.46. The van der Waals surface area contributed by atoms with Crippen LogP contribution in [0.15, 0.2) is 30.3 Å². The molecule has 1 aromatic rings. The van der Waals surface area contributed by atoms with E-state index >= 15 is 0 Å². The second-order valence-electron chi connectivity index (χ2n) is 18.5. The number of hydrogen-bond donors (Lipinski definition) is 8. The SMILES string of the molecule is CN(C)C.c1ccc(OC2CCC3C4NC5NC(NC6NC(NC7NC(NC(N4)C3C2)C2CCCCC72)C2CCCCC62)C2CCCCC52)cc1. The van der Waals surface area contributed by atoms with E-state index in [4.69, 9.17) is 4.74 Å². The van der Waals surface area contributed by atoms with Gasteiger partial charge in [-0.25, -0.2) is 0 Å². The molecule has 5 saturated heterocycles. The van der Waals surface area contributed by atoms with Crippen LogP contribution in [0.2, 0.25) is 0 Å². The minimum absolute atomic E-state index is 0.275. The molecule has 9 aliphatic rings. The first kappa shape index (κ1) is 35.4. The molecule has 51 heavy (non-hydrogen) atoms. The summed E-state index contributed by atoms with van der Waals surface area (Å²) in [4.78, 5) is 2.00. The lowest BCUT2D eigenvalue weighted by atomic mass is 9.76. The van der Waals surface area contributed by atoms with Crippen LogP contribution < -0.4 is 47.3 Å². The van der Waals surface area contributed by atoms with Crippen molar-refractivity contribution in [2.75, 3.05) is 21.1 Å². The Morgan fingerprint density at radius 2 is 0.706 bits per heavy atom. The van der Waals surface area contributed by atoms with Crippen molar-refractivity contribution in [2.24, 2.45) is 47.3 Å². The molecule has 8 bridgehead atoms. The Morgan fingerprint density at radius 3 is 1.04 bits per heavy atom. The number of fused-ring (bicyclic) bond motifs is 20. The third-order valence-electron chi connectivity index (χ3n) is 14.9. The molecule has 4 saturated carbocycles. The van der Waals surface area contributed by atoms with E-state index in [1.807, 2.05) is 26.0 Å². The van der Waals surface area contributed by atoms with Gasteiger partial charge in [0, 0.05) is 0 Å². The van der Waals surface area contributed by atoms with Gasteiger partial charge in [-0.15, -0.1) is 0 Å². The molecule has 10 rings (SSSR count). The van der Waals surface area contributed by atoms with Gasteiger partial charge in [-0.05, 0) is 138 Å². The zero-order valence-corrected chi connectivity index (χ0v) is 31.7. The normalized spacial score (nSPS) is 48.8. The molecule has 1 aromatic carbocycles. The molecule has 5 aliphatic heterocycles. The quantitative estimate of drug-likeness (QED) is 0.232. The van der Waals surface area contributed by atoms with Gasteiger partial charge in [0.2, 0.25) is 0 Å². The van der Waals surface area contributed by atoms with E-state index in [9.17, 15) is 0 Å². The van der Waals surface area contributed by atoms with Crippen molar-refractivity contribution in [1.29, 1.82) is 0 Å². The van der Waals surface area contributed by atoms with Crippen LogP contribution in [0.25, 0.3) is 0 Å². The number of nitrogens with zero attached hydrogens (tertiary/aromatic N) is 1. The van der Waals surface area contributed by atoms with Crippen molar-refractivity contribution in [1.82, 2.24) is 47.4 Å². The summed E-state index contributed by atoms with van der Waals surface area (Å²) in [5.41, 5.74) is 0. The van der Waals surface area contributed by atoms with E-state index in [1.165, 1.54) is 83.5 Å². The molecular formula is C41H69N9O. The maximum Gasteiger partial charge on any atom is 0.119 e. The minimum Gasteiger partial charge on any atom is -0.490 e. The predicted molar refractivity (Wildman–Crippen MR) is 203 cm³/mol. The number of benzene rings is 1. The molecule has 10 heteroatoms. The molecule has 10 nitrogen and oxygen atoms in total. The maximum absolute atomic E-state index is 6.63. The van der Waals surface area contributed by atoms with Gasteiger partial charge in [-0.3, -0.25) is 42.5 Å². The van der Waals surface area contributed by atoms with E-state index in [0.717, 1.165) is 24.5 Å². The van der Waals surface area contributed by atoms with Crippen molar-refractivity contribution in [3.05, 3.63) is 30.3 Å². The van der Waals surface area contributed by atoms with E-state index in [0.29, 0.717) is 84.6 Å². The molecule has 0 spiro atoms. The van der Waals surface area contributed by atoms with Crippen LogP contribution in [0.3, 0.4) is 0 Å². The molecule has 17 atom stereocenters. The van der Waals surface area contributed by atoms with E-state index in [-0.39, 0.29) is 12.3 Å². The fourth-order valence-corrected chi connectivity index (χ4v) is 12.7. The number of ether oxygens (including phenoxy) is 1. The van der Waals surface area contributed by atoms with Crippen LogP contribution in [0.4, 0.5) is 0 Å². The lowest BCUT2D eigenvalue weighted by Gasteiger charge is -2.37. The molecule has 4 aliphatic carbocycles. The van der Waals surface area contributed by atoms with Gasteiger partial charge in [0.15, 0.2) is 0 Å². The van der Waals surface area contributed by atoms with Crippen LogP contribution in [-0.4, -0.2) is 81.5 Å². The van der Waals surface area contributed by atoms with Crippen LogP contribution in [-0.2, 0) is 0 Å². The summed E-state index contributed by atoms with van der Waals surface area (Å²) in [6.45, 7) is 0. The lowest BCUT2D eigenvalue weighted by Crippen LogP contribution is -2.61. The summed E-state index contributed by atoms with van der Waals surface area (Å²) in [7, 11) is 6.00. The summed E-state index contributed by atoms with van der Waals surface area (Å²) < 4.78 is 6.63. The highest BCUT2D eigenvalue weighted by Gasteiger charge is 2.55. The molecule has 284 valence electrons. The summed E-state index contributed by atoms with van der Waals surface area (Å²) in [6, 6.07) is 10.5. The van der Waals surface area contributed by atoms with Gasteiger partial charge < -0.3 is 9.64 Å². The fourth-order valence-electron chi connectivity index (χ4n) is 12.7. The molecule has 17 unspecified atom stereocenters. The van der Waals surface area contributed by atoms with Gasteiger partial charge in [-0.2, -0.15) is 0 Å². The Kier molecular flexibility index (Phi) is 10.7. The van der Waals surface area contributed by atoms with Crippen LogP contribution in [0.5, 0.6) is 5.75 Å². The summed E-state index contributed by atoms with van der Waals surface area (Å²) >= 11 is 0. The smallest absolute Gasteiger partial charge is 0.119 e. The molecule has 9 fully saturated rings. The first-order valence-corrected chi connectivity index (χ1v) is 21.4.